The Morgan fingerprint density at radius 3 is 2.45 bits per heavy atom. The Morgan fingerprint density at radius 1 is 1.35 bits per heavy atom. The fourth-order valence-electron chi connectivity index (χ4n) is 1.87. The third kappa shape index (κ3) is 3.39. The predicted molar refractivity (Wildman–Crippen MR) is 66.5 cm³/mol. The van der Waals surface area contributed by atoms with E-state index in [0.29, 0.717) is 5.69 Å². The molecule has 7 heteroatoms. The van der Waals surface area contributed by atoms with Crippen LogP contribution in [0.15, 0.2) is 29.4 Å². The van der Waals surface area contributed by atoms with Crippen LogP contribution < -0.4 is 39.7 Å². The molecule has 0 saturated carbocycles. The molecule has 1 heterocycles. The predicted octanol–water partition coefficient (Wildman–Crippen LogP) is -3.14. The first-order valence-corrected chi connectivity index (χ1v) is 5.75. The molecule has 0 N–H and O–H groups in total. The van der Waals surface area contributed by atoms with E-state index in [1.54, 1.807) is 12.1 Å². The number of carboxylic acid groups (broad SMARTS) is 1. The maximum atomic E-state index is 11.4. The number of hydrogen-bond donors (Lipinski definition) is 0. The summed E-state index contributed by atoms with van der Waals surface area (Å²) in [6, 6.07) is 6.18. The molecular formula is C13H13N2NaO4. The van der Waals surface area contributed by atoms with Crippen molar-refractivity contribution in [1.82, 2.24) is 0 Å². The SMILES string of the molecule is COC(=O)C1=NN(c2ccc(C)cc2)[C@H](C(=O)[O-])C1.[Na+]. The van der Waals surface area contributed by atoms with Gasteiger partial charge in [-0.2, -0.15) is 5.10 Å². The summed E-state index contributed by atoms with van der Waals surface area (Å²) in [6.07, 6.45) is -0.0249. The molecule has 0 bridgehead atoms. The van der Waals surface area contributed by atoms with Crippen molar-refractivity contribution in [3.8, 4) is 0 Å². The van der Waals surface area contributed by atoms with Crippen LogP contribution in [-0.4, -0.2) is 30.8 Å². The molecule has 0 unspecified atom stereocenters. The monoisotopic (exact) mass is 284 g/mol. The molecule has 0 aliphatic carbocycles. The average Bonchev–Trinajstić information content (AvgIpc) is 2.84. The van der Waals surface area contributed by atoms with E-state index in [-0.39, 0.29) is 41.7 Å². The maximum absolute atomic E-state index is 11.4. The summed E-state index contributed by atoms with van der Waals surface area (Å²) in [6.45, 7) is 1.92. The van der Waals surface area contributed by atoms with Crippen molar-refractivity contribution in [2.24, 2.45) is 5.10 Å². The zero-order valence-corrected chi connectivity index (χ0v) is 13.6. The number of carbonyl (C=O) groups is 2. The number of aryl methyl sites for hydroxylation is 1. The number of hydrazone groups is 1. The normalized spacial score (nSPS) is 17.2. The second-order valence-electron chi connectivity index (χ2n) is 4.26. The summed E-state index contributed by atoms with van der Waals surface area (Å²) in [5.41, 5.74) is 1.72. The van der Waals surface area contributed by atoms with Gasteiger partial charge in [-0.1, -0.05) is 17.7 Å². The van der Waals surface area contributed by atoms with E-state index >= 15 is 0 Å². The minimum Gasteiger partial charge on any atom is -0.548 e. The third-order valence-corrected chi connectivity index (χ3v) is 2.90. The standard InChI is InChI=1S/C13H14N2O4.Na/c1-8-3-5-9(6-4-8)15-11(12(16)17)7-10(14-15)13(18)19-2;/h3-6,11H,7H2,1-2H3,(H,16,17);/q;+1/p-1/t11-;/m0./s1. The van der Waals surface area contributed by atoms with Crippen LogP contribution in [-0.2, 0) is 14.3 Å². The molecule has 1 aromatic carbocycles. The van der Waals surface area contributed by atoms with E-state index < -0.39 is 18.0 Å². The first kappa shape index (κ1) is 16.7. The summed E-state index contributed by atoms with van der Waals surface area (Å²) in [5, 5.41) is 16.4. The van der Waals surface area contributed by atoms with E-state index in [2.05, 4.69) is 9.84 Å². The van der Waals surface area contributed by atoms with E-state index in [9.17, 15) is 14.7 Å². The number of ether oxygens (including phenoxy) is 1. The number of carbonyl (C=O) groups excluding carboxylic acids is 2. The molecule has 6 nitrogen and oxygen atoms in total. The molecule has 0 saturated heterocycles. The molecule has 1 atom stereocenters. The zero-order valence-electron chi connectivity index (χ0n) is 11.6. The molecule has 1 aliphatic heterocycles. The topological polar surface area (TPSA) is 82.0 Å². The summed E-state index contributed by atoms with van der Waals surface area (Å²) in [7, 11) is 1.23. The van der Waals surface area contributed by atoms with Crippen LogP contribution in [0, 0.1) is 6.92 Å². The van der Waals surface area contributed by atoms with Crippen LogP contribution in [0.4, 0.5) is 5.69 Å². The quantitative estimate of drug-likeness (QED) is 0.433. The molecule has 0 spiro atoms. The maximum Gasteiger partial charge on any atom is 1.00 e. The van der Waals surface area contributed by atoms with Crippen molar-refractivity contribution < 1.29 is 49.0 Å². The van der Waals surface area contributed by atoms with Gasteiger partial charge in [0.15, 0.2) is 0 Å². The largest absolute Gasteiger partial charge is 1.00 e. The molecule has 0 radical (unpaired) electrons. The molecule has 0 aromatic heterocycles. The molecule has 0 amide bonds. The Hall–Kier alpha value is -1.37. The average molecular weight is 284 g/mol. The number of rotatable bonds is 3. The zero-order chi connectivity index (χ0) is 14.0. The molecule has 2 rings (SSSR count). The van der Waals surface area contributed by atoms with Crippen LogP contribution in [0.25, 0.3) is 0 Å². The number of hydrogen-bond acceptors (Lipinski definition) is 6. The van der Waals surface area contributed by atoms with Gasteiger partial charge >= 0.3 is 35.5 Å². The van der Waals surface area contributed by atoms with Gasteiger partial charge in [-0.05, 0) is 19.1 Å². The fraction of sp³-hybridized carbons (Fsp3) is 0.308. The number of anilines is 1. The first-order valence-electron chi connectivity index (χ1n) is 5.75. The number of benzene rings is 1. The van der Waals surface area contributed by atoms with Gasteiger partial charge in [-0.25, -0.2) is 4.79 Å². The molecular weight excluding hydrogens is 271 g/mol. The van der Waals surface area contributed by atoms with Gasteiger partial charge in [0.1, 0.15) is 5.71 Å². The van der Waals surface area contributed by atoms with Gasteiger partial charge in [0, 0.05) is 6.42 Å². The van der Waals surface area contributed by atoms with Gasteiger partial charge < -0.3 is 14.6 Å². The van der Waals surface area contributed by atoms with Gasteiger partial charge in [-0.15, -0.1) is 0 Å². The summed E-state index contributed by atoms with van der Waals surface area (Å²) >= 11 is 0. The van der Waals surface area contributed by atoms with Crippen LogP contribution in [0.3, 0.4) is 0 Å². The Labute approximate surface area is 138 Å². The van der Waals surface area contributed by atoms with Gasteiger partial charge in [0.25, 0.3) is 0 Å². The third-order valence-electron chi connectivity index (χ3n) is 2.90. The number of nitrogens with zero attached hydrogens (tertiary/aromatic N) is 2. The van der Waals surface area contributed by atoms with Crippen LogP contribution in [0.1, 0.15) is 12.0 Å². The number of aliphatic carboxylic acids is 1. The smallest absolute Gasteiger partial charge is 0.548 e. The van der Waals surface area contributed by atoms with E-state index in [0.717, 1.165) is 5.56 Å². The van der Waals surface area contributed by atoms with Crippen molar-refractivity contribution in [2.75, 3.05) is 12.1 Å². The molecule has 1 aromatic rings. The van der Waals surface area contributed by atoms with Crippen molar-refractivity contribution in [3.05, 3.63) is 29.8 Å². The second kappa shape index (κ2) is 6.88. The first-order chi connectivity index (χ1) is 9.02. The van der Waals surface area contributed by atoms with E-state index in [1.165, 1.54) is 12.1 Å². The molecule has 20 heavy (non-hydrogen) atoms. The summed E-state index contributed by atoms with van der Waals surface area (Å²) in [5.74, 6) is -1.90. The van der Waals surface area contributed by atoms with Crippen molar-refractivity contribution in [3.63, 3.8) is 0 Å². The van der Waals surface area contributed by atoms with Crippen LogP contribution >= 0.6 is 0 Å². The minimum atomic E-state index is -1.27. The van der Waals surface area contributed by atoms with Crippen molar-refractivity contribution >= 4 is 23.3 Å². The molecule has 1 aliphatic rings. The van der Waals surface area contributed by atoms with Crippen LogP contribution in [0.5, 0.6) is 0 Å². The van der Waals surface area contributed by atoms with Crippen molar-refractivity contribution in [1.29, 1.82) is 0 Å². The Balaban J connectivity index is 0.00000200. The Bertz CT molecular complexity index is 542. The summed E-state index contributed by atoms with van der Waals surface area (Å²) < 4.78 is 4.56. The van der Waals surface area contributed by atoms with Crippen LogP contribution in [0.2, 0.25) is 0 Å². The number of carboxylic acids is 1. The van der Waals surface area contributed by atoms with E-state index in [4.69, 9.17) is 0 Å². The summed E-state index contributed by atoms with van der Waals surface area (Å²) in [4.78, 5) is 22.6. The van der Waals surface area contributed by atoms with Gasteiger partial charge in [-0.3, -0.25) is 5.01 Å². The Morgan fingerprint density at radius 2 is 1.95 bits per heavy atom. The van der Waals surface area contributed by atoms with E-state index in [1.807, 2.05) is 19.1 Å². The number of methoxy groups -OCH3 is 1. The fourth-order valence-corrected chi connectivity index (χ4v) is 1.87. The number of esters is 1. The van der Waals surface area contributed by atoms with Gasteiger partial charge in [0.2, 0.25) is 0 Å². The minimum absolute atomic E-state index is 0. The van der Waals surface area contributed by atoms with Crippen molar-refractivity contribution in [2.45, 2.75) is 19.4 Å². The second-order valence-corrected chi connectivity index (χ2v) is 4.26. The molecule has 0 fully saturated rings. The molecule has 100 valence electrons. The Kier molecular flexibility index (Phi) is 5.74. The van der Waals surface area contributed by atoms with Gasteiger partial charge in [0.05, 0.1) is 24.8 Å².